The first kappa shape index (κ1) is 19.2. The van der Waals surface area contributed by atoms with Crippen molar-refractivity contribution in [2.24, 2.45) is 5.10 Å². The van der Waals surface area contributed by atoms with Crippen LogP contribution in [0, 0.1) is 0 Å². The number of esters is 1. The molecule has 0 aliphatic rings. The van der Waals surface area contributed by atoms with E-state index in [2.05, 4.69) is 20.7 Å². The fraction of sp³-hybridized carbons (Fsp3) is 0.286. The van der Waals surface area contributed by atoms with Crippen molar-refractivity contribution in [2.75, 3.05) is 18.4 Å². The molecule has 0 aliphatic heterocycles. The monoisotopic (exact) mass is 354 g/mol. The SMILES string of the molecule is CCc1[nH]nc(N/N=C/c2ccc(OC(C)=O)c(OC)c2)[n+]1N.[Cl-]. The maximum Gasteiger partial charge on any atom is 0.421 e. The third-order valence-electron chi connectivity index (χ3n) is 2.96. The summed E-state index contributed by atoms with van der Waals surface area (Å²) in [5.41, 5.74) is 3.49. The average Bonchev–Trinajstić information content (AvgIpc) is 2.88. The minimum atomic E-state index is -0.413. The van der Waals surface area contributed by atoms with Crippen molar-refractivity contribution in [3.63, 3.8) is 0 Å². The number of carbonyl (C=O) groups is 1. The standard InChI is InChI=1S/C14H18N6O3.ClH/c1-4-13-17-19-14(20(13)15)18-16-8-10-5-6-11(23-9(2)21)12(7-10)22-3;/h5-8H,4,15H2,1-3H3,(H,18,19);1H/b16-8+;. The lowest BCUT2D eigenvalue weighted by atomic mass is 10.2. The summed E-state index contributed by atoms with van der Waals surface area (Å²) in [6, 6.07) is 5.07. The van der Waals surface area contributed by atoms with E-state index in [9.17, 15) is 4.79 Å². The van der Waals surface area contributed by atoms with E-state index in [4.69, 9.17) is 15.3 Å². The fourth-order valence-corrected chi connectivity index (χ4v) is 1.85. The van der Waals surface area contributed by atoms with Crippen molar-refractivity contribution in [3.8, 4) is 11.5 Å². The van der Waals surface area contributed by atoms with Gasteiger partial charge in [0, 0.05) is 18.4 Å². The Bertz CT molecular complexity index is 731. The summed E-state index contributed by atoms with van der Waals surface area (Å²) in [6.07, 6.45) is 2.30. The zero-order valence-electron chi connectivity index (χ0n) is 13.5. The average molecular weight is 355 g/mol. The van der Waals surface area contributed by atoms with Gasteiger partial charge in [-0.1, -0.05) is 6.92 Å². The first-order chi connectivity index (χ1) is 11.0. The largest absolute Gasteiger partial charge is 1.00 e. The van der Waals surface area contributed by atoms with Crippen molar-refractivity contribution in [1.29, 1.82) is 0 Å². The number of nitrogens with zero attached hydrogens (tertiary/aromatic N) is 3. The van der Waals surface area contributed by atoms with Crippen LogP contribution in [0.4, 0.5) is 5.95 Å². The van der Waals surface area contributed by atoms with Gasteiger partial charge in [0.25, 0.3) is 0 Å². The van der Waals surface area contributed by atoms with Crippen molar-refractivity contribution in [2.45, 2.75) is 20.3 Å². The zero-order valence-corrected chi connectivity index (χ0v) is 14.3. The molecule has 0 atom stereocenters. The van der Waals surface area contributed by atoms with Gasteiger partial charge in [-0.25, -0.2) is 0 Å². The van der Waals surface area contributed by atoms with E-state index in [1.54, 1.807) is 24.4 Å². The molecule has 1 aromatic heterocycles. The van der Waals surface area contributed by atoms with Gasteiger partial charge in [-0.05, 0) is 23.8 Å². The first-order valence-electron chi connectivity index (χ1n) is 6.95. The fourth-order valence-electron chi connectivity index (χ4n) is 1.85. The van der Waals surface area contributed by atoms with Crippen LogP contribution in [-0.4, -0.2) is 29.5 Å². The number of aromatic nitrogens is 3. The summed E-state index contributed by atoms with van der Waals surface area (Å²) in [5, 5.41) is 10.9. The molecular weight excluding hydrogens is 336 g/mol. The number of aryl methyl sites for hydroxylation is 1. The summed E-state index contributed by atoms with van der Waals surface area (Å²) in [5.74, 6) is 7.36. The molecule has 0 bridgehead atoms. The lowest BCUT2D eigenvalue weighted by Gasteiger charge is -2.08. The number of anilines is 1. The van der Waals surface area contributed by atoms with Gasteiger partial charge in [0.1, 0.15) is 0 Å². The van der Waals surface area contributed by atoms with E-state index in [0.29, 0.717) is 17.4 Å². The number of methoxy groups -OCH3 is 1. The lowest BCUT2D eigenvalue weighted by Crippen LogP contribution is -3.00. The Morgan fingerprint density at radius 1 is 1.50 bits per heavy atom. The topological polar surface area (TPSA) is 118 Å². The molecule has 0 amide bonds. The Balaban J connectivity index is 0.00000288. The van der Waals surface area contributed by atoms with E-state index in [-0.39, 0.29) is 12.4 Å². The molecule has 0 saturated carbocycles. The highest BCUT2D eigenvalue weighted by molar-refractivity contribution is 5.81. The van der Waals surface area contributed by atoms with E-state index < -0.39 is 5.97 Å². The third-order valence-corrected chi connectivity index (χ3v) is 2.96. The molecule has 0 spiro atoms. The number of halogens is 1. The second kappa shape index (κ2) is 8.73. The Morgan fingerprint density at radius 3 is 2.83 bits per heavy atom. The van der Waals surface area contributed by atoms with Crippen LogP contribution in [0.15, 0.2) is 23.3 Å². The Hall–Kier alpha value is -2.81. The molecule has 9 nitrogen and oxygen atoms in total. The molecule has 130 valence electrons. The Morgan fingerprint density at radius 2 is 2.25 bits per heavy atom. The molecule has 1 aromatic carbocycles. The molecule has 0 fully saturated rings. The Labute approximate surface area is 145 Å². The third kappa shape index (κ3) is 4.59. The van der Waals surface area contributed by atoms with Crippen molar-refractivity contribution < 1.29 is 31.4 Å². The van der Waals surface area contributed by atoms with Gasteiger partial charge in [-0.2, -0.15) is 10.5 Å². The molecule has 0 aliphatic carbocycles. The highest BCUT2D eigenvalue weighted by Crippen LogP contribution is 2.27. The van der Waals surface area contributed by atoms with Crippen molar-refractivity contribution >= 4 is 18.1 Å². The molecule has 0 unspecified atom stereocenters. The summed E-state index contributed by atoms with van der Waals surface area (Å²) >= 11 is 0. The van der Waals surface area contributed by atoms with E-state index in [0.717, 1.165) is 17.8 Å². The second-order valence-electron chi connectivity index (χ2n) is 4.59. The summed E-state index contributed by atoms with van der Waals surface area (Å²) in [6.45, 7) is 3.29. The predicted molar refractivity (Wildman–Crippen MR) is 83.8 cm³/mol. The number of hydrazone groups is 1. The molecule has 0 radical (unpaired) electrons. The quantitative estimate of drug-likeness (QED) is 0.130. The van der Waals surface area contributed by atoms with Crippen LogP contribution in [0.2, 0.25) is 0 Å². The highest BCUT2D eigenvalue weighted by Gasteiger charge is 2.14. The number of hydrogen-bond donors (Lipinski definition) is 3. The number of nitrogens with one attached hydrogen (secondary N) is 2. The molecule has 2 aromatic rings. The number of carbonyl (C=O) groups excluding carboxylic acids is 1. The smallest absolute Gasteiger partial charge is 0.421 e. The Kier molecular flexibility index (Phi) is 6.99. The van der Waals surface area contributed by atoms with Gasteiger partial charge >= 0.3 is 11.9 Å². The van der Waals surface area contributed by atoms with Crippen LogP contribution in [0.1, 0.15) is 25.2 Å². The van der Waals surface area contributed by atoms with Crippen LogP contribution in [0.3, 0.4) is 0 Å². The maximum atomic E-state index is 11.0. The normalized spacial score (nSPS) is 10.3. The number of nitrogen functional groups attached to an aromatic ring is 1. The zero-order chi connectivity index (χ0) is 16.8. The summed E-state index contributed by atoms with van der Waals surface area (Å²) < 4.78 is 11.6. The van der Waals surface area contributed by atoms with Gasteiger partial charge in [-0.3, -0.25) is 10.6 Å². The first-order valence-corrected chi connectivity index (χ1v) is 6.95. The summed E-state index contributed by atoms with van der Waals surface area (Å²) in [4.78, 5) is 11.0. The minimum Gasteiger partial charge on any atom is -1.00 e. The second-order valence-corrected chi connectivity index (χ2v) is 4.59. The number of nitrogens with two attached hydrogens (primary N) is 1. The van der Waals surface area contributed by atoms with Crippen LogP contribution < -0.4 is 37.8 Å². The van der Waals surface area contributed by atoms with E-state index >= 15 is 0 Å². The van der Waals surface area contributed by atoms with E-state index in [1.165, 1.54) is 18.7 Å². The minimum absolute atomic E-state index is 0. The van der Waals surface area contributed by atoms with Crippen LogP contribution in [0.25, 0.3) is 0 Å². The molecule has 10 heteroatoms. The van der Waals surface area contributed by atoms with Crippen LogP contribution in [0.5, 0.6) is 11.5 Å². The molecule has 2 rings (SSSR count). The number of hydrogen-bond acceptors (Lipinski definition) is 7. The van der Waals surface area contributed by atoms with Crippen molar-refractivity contribution in [3.05, 3.63) is 29.6 Å². The van der Waals surface area contributed by atoms with Gasteiger partial charge in [-0.15, -0.1) is 9.78 Å². The number of rotatable bonds is 6. The highest BCUT2D eigenvalue weighted by atomic mass is 35.5. The number of ether oxygens (including phenoxy) is 2. The number of H-pyrrole nitrogens is 1. The molecule has 24 heavy (non-hydrogen) atoms. The molecule has 1 heterocycles. The molecule has 4 N–H and O–H groups in total. The van der Waals surface area contributed by atoms with Gasteiger partial charge in [0.15, 0.2) is 11.5 Å². The van der Waals surface area contributed by atoms with Gasteiger partial charge in [0.05, 0.1) is 13.3 Å². The predicted octanol–water partition coefficient (Wildman–Crippen LogP) is -2.64. The summed E-state index contributed by atoms with van der Waals surface area (Å²) in [7, 11) is 1.49. The van der Waals surface area contributed by atoms with E-state index in [1.807, 2.05) is 6.92 Å². The maximum absolute atomic E-state index is 11.0. The van der Waals surface area contributed by atoms with Crippen LogP contribution in [-0.2, 0) is 11.2 Å². The molecular formula is C14H19ClN6O3. The molecule has 0 saturated heterocycles. The van der Waals surface area contributed by atoms with Crippen molar-refractivity contribution in [1.82, 2.24) is 10.2 Å². The van der Waals surface area contributed by atoms with Gasteiger partial charge < -0.3 is 21.9 Å². The van der Waals surface area contributed by atoms with Crippen LogP contribution >= 0.6 is 0 Å². The van der Waals surface area contributed by atoms with Gasteiger partial charge in [0.2, 0.25) is 5.82 Å². The lowest BCUT2D eigenvalue weighted by molar-refractivity contribution is -0.632. The number of aromatic amines is 1. The number of benzene rings is 1.